The van der Waals surface area contributed by atoms with Crippen LogP contribution in [0.5, 0.6) is 5.75 Å². The third kappa shape index (κ3) is 2.96. The zero-order valence-electron chi connectivity index (χ0n) is 13.1. The average Bonchev–Trinajstić information content (AvgIpc) is 2.90. The van der Waals surface area contributed by atoms with Crippen molar-refractivity contribution in [2.45, 2.75) is 6.54 Å². The Morgan fingerprint density at radius 1 is 1.33 bits per heavy atom. The van der Waals surface area contributed by atoms with Crippen LogP contribution in [-0.2, 0) is 6.54 Å². The largest absolute Gasteiger partial charge is 0.496 e. The van der Waals surface area contributed by atoms with E-state index in [4.69, 9.17) is 4.74 Å². The average molecular weight is 340 g/mol. The van der Waals surface area contributed by atoms with Gasteiger partial charge in [0.2, 0.25) is 0 Å². The molecular weight excluding hydrogens is 324 g/mol. The molecule has 0 aliphatic heterocycles. The summed E-state index contributed by atoms with van der Waals surface area (Å²) in [6, 6.07) is 12.4. The number of anilines is 1. The van der Waals surface area contributed by atoms with Crippen LogP contribution in [0.25, 0.3) is 10.2 Å². The first kappa shape index (κ1) is 16.0. The molecular formula is C18H16N2O3S. The van der Waals surface area contributed by atoms with Crippen molar-refractivity contribution in [3.63, 3.8) is 0 Å². The van der Waals surface area contributed by atoms with Gasteiger partial charge in [-0.25, -0.2) is 0 Å². The molecule has 24 heavy (non-hydrogen) atoms. The van der Waals surface area contributed by atoms with Crippen molar-refractivity contribution in [1.29, 1.82) is 0 Å². The number of hydrogen-bond acceptors (Lipinski definition) is 4. The number of ether oxygens (including phenoxy) is 1. The highest BCUT2D eigenvalue weighted by Gasteiger charge is 2.13. The molecule has 1 amide bonds. The molecule has 0 unspecified atom stereocenters. The topological polar surface area (TPSA) is 60.3 Å². The third-order valence-electron chi connectivity index (χ3n) is 3.59. The summed E-state index contributed by atoms with van der Waals surface area (Å²) in [5.74, 6) is 0.252. The van der Waals surface area contributed by atoms with Gasteiger partial charge in [-0.05, 0) is 30.3 Å². The molecule has 0 aliphatic rings. The molecule has 0 atom stereocenters. The number of carbonyl (C=O) groups is 1. The van der Waals surface area contributed by atoms with Crippen LogP contribution in [0.1, 0.15) is 10.4 Å². The van der Waals surface area contributed by atoms with Gasteiger partial charge in [-0.15, -0.1) is 6.58 Å². The number of hydrogen-bond donors (Lipinski definition) is 1. The van der Waals surface area contributed by atoms with Crippen molar-refractivity contribution in [2.75, 3.05) is 12.4 Å². The predicted molar refractivity (Wildman–Crippen MR) is 97.2 cm³/mol. The second-order valence-electron chi connectivity index (χ2n) is 5.10. The zero-order valence-corrected chi connectivity index (χ0v) is 13.9. The normalized spacial score (nSPS) is 10.5. The van der Waals surface area contributed by atoms with E-state index in [0.29, 0.717) is 23.5 Å². The summed E-state index contributed by atoms with van der Waals surface area (Å²) in [6.07, 6.45) is 1.69. The van der Waals surface area contributed by atoms with Crippen LogP contribution in [0.2, 0.25) is 0 Å². The lowest BCUT2D eigenvalue weighted by Crippen LogP contribution is -2.13. The lowest BCUT2D eigenvalue weighted by Gasteiger charge is -2.09. The molecule has 0 saturated carbocycles. The Hall–Kier alpha value is -2.86. The van der Waals surface area contributed by atoms with E-state index in [-0.39, 0.29) is 10.8 Å². The maximum atomic E-state index is 12.4. The second kappa shape index (κ2) is 6.72. The van der Waals surface area contributed by atoms with Crippen molar-refractivity contribution in [3.05, 3.63) is 70.4 Å². The first-order valence-corrected chi connectivity index (χ1v) is 8.14. The van der Waals surface area contributed by atoms with E-state index >= 15 is 0 Å². The first-order valence-electron chi connectivity index (χ1n) is 7.32. The molecule has 1 aromatic heterocycles. The Morgan fingerprint density at radius 2 is 2.12 bits per heavy atom. The van der Waals surface area contributed by atoms with E-state index in [0.717, 1.165) is 21.6 Å². The summed E-state index contributed by atoms with van der Waals surface area (Å²) >= 11 is 1.15. The minimum Gasteiger partial charge on any atom is -0.496 e. The van der Waals surface area contributed by atoms with E-state index in [9.17, 15) is 9.59 Å². The number of fused-ring (bicyclic) bond motifs is 1. The Kier molecular flexibility index (Phi) is 4.48. The maximum absolute atomic E-state index is 12.4. The number of thiazole rings is 1. The van der Waals surface area contributed by atoms with Crippen molar-refractivity contribution < 1.29 is 9.53 Å². The third-order valence-corrected chi connectivity index (χ3v) is 4.53. The van der Waals surface area contributed by atoms with E-state index in [2.05, 4.69) is 11.9 Å². The molecule has 0 radical (unpaired) electrons. The summed E-state index contributed by atoms with van der Waals surface area (Å²) in [5, 5.41) is 2.84. The molecule has 3 aromatic rings. The first-order chi connectivity index (χ1) is 11.6. The fourth-order valence-corrected chi connectivity index (χ4v) is 3.42. The maximum Gasteiger partial charge on any atom is 0.308 e. The minimum absolute atomic E-state index is 0.0434. The fourth-order valence-electron chi connectivity index (χ4n) is 2.48. The number of aromatic nitrogens is 1. The van der Waals surface area contributed by atoms with Gasteiger partial charge in [0.05, 0.1) is 22.9 Å². The van der Waals surface area contributed by atoms with Crippen LogP contribution in [-0.4, -0.2) is 17.6 Å². The Labute approximate surface area is 142 Å². The summed E-state index contributed by atoms with van der Waals surface area (Å²) in [6.45, 7) is 4.13. The van der Waals surface area contributed by atoms with Gasteiger partial charge in [0.15, 0.2) is 0 Å². The Bertz CT molecular complexity index is 972. The number of methoxy groups -OCH3 is 1. The molecule has 0 aliphatic carbocycles. The number of carbonyl (C=O) groups excluding carboxylic acids is 1. The van der Waals surface area contributed by atoms with E-state index in [1.807, 2.05) is 6.07 Å². The quantitative estimate of drug-likeness (QED) is 0.723. The number of nitrogens with one attached hydrogen (secondary N) is 1. The highest BCUT2D eigenvalue weighted by molar-refractivity contribution is 7.16. The standard InChI is InChI=1S/C18H16N2O3S/c1-3-10-20-14-9-8-12(11-16(14)24-18(20)22)19-17(21)13-6-4-5-7-15(13)23-2/h3-9,11H,1,10H2,2H3,(H,19,21). The van der Waals surface area contributed by atoms with Crippen LogP contribution in [0.3, 0.4) is 0 Å². The number of nitrogens with zero attached hydrogens (tertiary/aromatic N) is 1. The van der Waals surface area contributed by atoms with Gasteiger partial charge >= 0.3 is 4.87 Å². The molecule has 1 heterocycles. The van der Waals surface area contributed by atoms with Crippen molar-refractivity contribution in [3.8, 4) is 5.75 Å². The van der Waals surface area contributed by atoms with Crippen molar-refractivity contribution in [1.82, 2.24) is 4.57 Å². The number of rotatable bonds is 5. The number of benzene rings is 2. The summed E-state index contributed by atoms with van der Waals surface area (Å²) in [5.41, 5.74) is 1.92. The molecule has 3 rings (SSSR count). The van der Waals surface area contributed by atoms with Crippen LogP contribution in [0.15, 0.2) is 59.9 Å². The molecule has 5 nitrogen and oxygen atoms in total. The van der Waals surface area contributed by atoms with Gasteiger partial charge in [0.1, 0.15) is 5.75 Å². The van der Waals surface area contributed by atoms with Crippen LogP contribution in [0, 0.1) is 0 Å². The Balaban J connectivity index is 1.92. The molecule has 0 fully saturated rings. The van der Waals surface area contributed by atoms with Gasteiger partial charge in [0.25, 0.3) is 5.91 Å². The van der Waals surface area contributed by atoms with Gasteiger partial charge in [-0.1, -0.05) is 29.5 Å². The second-order valence-corrected chi connectivity index (χ2v) is 6.10. The monoisotopic (exact) mass is 340 g/mol. The molecule has 6 heteroatoms. The van der Waals surface area contributed by atoms with E-state index < -0.39 is 0 Å². The highest BCUT2D eigenvalue weighted by Crippen LogP contribution is 2.24. The lowest BCUT2D eigenvalue weighted by atomic mass is 10.2. The molecule has 122 valence electrons. The predicted octanol–water partition coefficient (Wildman–Crippen LogP) is 3.51. The highest BCUT2D eigenvalue weighted by atomic mass is 32.1. The van der Waals surface area contributed by atoms with Crippen LogP contribution >= 0.6 is 11.3 Å². The Morgan fingerprint density at radius 3 is 2.88 bits per heavy atom. The van der Waals surface area contributed by atoms with E-state index in [1.165, 1.54) is 7.11 Å². The number of allylic oxidation sites excluding steroid dienone is 1. The fraction of sp³-hybridized carbons (Fsp3) is 0.111. The summed E-state index contributed by atoms with van der Waals surface area (Å²) in [7, 11) is 1.53. The molecule has 2 aromatic carbocycles. The molecule has 0 saturated heterocycles. The van der Waals surface area contributed by atoms with Crippen molar-refractivity contribution >= 4 is 33.1 Å². The van der Waals surface area contributed by atoms with E-state index in [1.54, 1.807) is 47.0 Å². The van der Waals surface area contributed by atoms with Gasteiger partial charge in [-0.3, -0.25) is 14.2 Å². The summed E-state index contributed by atoms with van der Waals surface area (Å²) < 4.78 is 7.68. The molecule has 1 N–H and O–H groups in total. The van der Waals surface area contributed by atoms with Gasteiger partial charge < -0.3 is 10.1 Å². The smallest absolute Gasteiger partial charge is 0.308 e. The minimum atomic E-state index is -0.260. The van der Waals surface area contributed by atoms with Gasteiger partial charge in [-0.2, -0.15) is 0 Å². The zero-order chi connectivity index (χ0) is 17.1. The molecule has 0 spiro atoms. The lowest BCUT2D eigenvalue weighted by molar-refractivity contribution is 0.102. The van der Waals surface area contributed by atoms with Crippen molar-refractivity contribution in [2.24, 2.45) is 0 Å². The summed E-state index contributed by atoms with van der Waals surface area (Å²) in [4.78, 5) is 24.4. The number of para-hydroxylation sites is 1. The van der Waals surface area contributed by atoms with Gasteiger partial charge in [0, 0.05) is 12.2 Å². The SMILES string of the molecule is C=CCn1c(=O)sc2cc(NC(=O)c3ccccc3OC)ccc21. The molecule has 0 bridgehead atoms. The van der Waals surface area contributed by atoms with Crippen LogP contribution < -0.4 is 14.9 Å². The van der Waals surface area contributed by atoms with Crippen LogP contribution in [0.4, 0.5) is 5.69 Å². The number of amides is 1.